The third-order valence-electron chi connectivity index (χ3n) is 3.16. The number of rotatable bonds is 5. The minimum absolute atomic E-state index is 0.158. The lowest BCUT2D eigenvalue weighted by Crippen LogP contribution is -2.36. The van der Waals surface area contributed by atoms with Crippen LogP contribution >= 0.6 is 15.9 Å². The molecule has 19 heavy (non-hydrogen) atoms. The van der Waals surface area contributed by atoms with Gasteiger partial charge in [0.25, 0.3) is 0 Å². The molecule has 0 unspecified atom stereocenters. The summed E-state index contributed by atoms with van der Waals surface area (Å²) in [6.07, 6.45) is 1.33. The van der Waals surface area contributed by atoms with Crippen LogP contribution < -0.4 is 5.73 Å². The zero-order valence-electron chi connectivity index (χ0n) is 11.2. The van der Waals surface area contributed by atoms with E-state index in [2.05, 4.69) is 15.9 Å². The van der Waals surface area contributed by atoms with Crippen molar-refractivity contribution in [3.05, 3.63) is 22.4 Å². The summed E-state index contributed by atoms with van der Waals surface area (Å²) >= 11 is 3.07. The third-order valence-corrected chi connectivity index (χ3v) is 5.78. The number of hydrogen-bond donors (Lipinski definition) is 1. The van der Waals surface area contributed by atoms with E-state index in [1.807, 2.05) is 13.8 Å². The van der Waals surface area contributed by atoms with Crippen molar-refractivity contribution < 1.29 is 12.8 Å². The molecule has 0 radical (unpaired) electrons. The molecule has 0 fully saturated rings. The second-order valence-corrected chi connectivity index (χ2v) is 7.12. The minimum atomic E-state index is -3.87. The Morgan fingerprint density at radius 2 is 1.89 bits per heavy atom. The fourth-order valence-corrected chi connectivity index (χ4v) is 3.79. The summed E-state index contributed by atoms with van der Waals surface area (Å²) in [6.45, 7) is 3.79. The van der Waals surface area contributed by atoms with E-state index in [0.717, 1.165) is 12.1 Å². The Bertz CT molecular complexity index is 559. The van der Waals surface area contributed by atoms with Crippen molar-refractivity contribution in [3.8, 4) is 0 Å². The number of nitrogen functional groups attached to an aromatic ring is 1. The van der Waals surface area contributed by atoms with E-state index >= 15 is 0 Å². The molecule has 0 saturated carbocycles. The molecule has 0 atom stereocenters. The van der Waals surface area contributed by atoms with Gasteiger partial charge in [-0.25, -0.2) is 12.8 Å². The van der Waals surface area contributed by atoms with Crippen LogP contribution in [0.2, 0.25) is 0 Å². The zero-order chi connectivity index (χ0) is 14.8. The minimum Gasteiger partial charge on any atom is -0.398 e. The van der Waals surface area contributed by atoms with Gasteiger partial charge >= 0.3 is 0 Å². The van der Waals surface area contributed by atoms with Crippen molar-refractivity contribution in [2.75, 3.05) is 12.8 Å². The van der Waals surface area contributed by atoms with E-state index < -0.39 is 15.8 Å². The second-order valence-electron chi connectivity index (χ2n) is 4.30. The van der Waals surface area contributed by atoms with Gasteiger partial charge in [-0.3, -0.25) is 0 Å². The number of anilines is 1. The lowest BCUT2D eigenvalue weighted by atomic mass is 10.2. The molecule has 0 aliphatic rings. The lowest BCUT2D eigenvalue weighted by Gasteiger charge is -2.25. The van der Waals surface area contributed by atoms with Crippen LogP contribution in [-0.4, -0.2) is 25.8 Å². The average Bonchev–Trinajstić information content (AvgIpc) is 2.34. The molecular formula is C12H18BrFN2O2S. The van der Waals surface area contributed by atoms with E-state index in [-0.39, 0.29) is 16.6 Å². The monoisotopic (exact) mass is 352 g/mol. The topological polar surface area (TPSA) is 63.4 Å². The molecule has 0 spiro atoms. The highest BCUT2D eigenvalue weighted by Gasteiger charge is 2.29. The van der Waals surface area contributed by atoms with Gasteiger partial charge in [-0.05, 0) is 40.9 Å². The van der Waals surface area contributed by atoms with Gasteiger partial charge in [0.1, 0.15) is 10.7 Å². The molecule has 108 valence electrons. The predicted octanol–water partition coefficient (Wildman–Crippen LogP) is 2.98. The number of hydrogen-bond acceptors (Lipinski definition) is 3. The largest absolute Gasteiger partial charge is 0.398 e. The number of halogens is 2. The summed E-state index contributed by atoms with van der Waals surface area (Å²) in [5.41, 5.74) is 5.82. The van der Waals surface area contributed by atoms with Crippen molar-refractivity contribution in [1.29, 1.82) is 0 Å². The molecule has 1 aromatic carbocycles. The van der Waals surface area contributed by atoms with Gasteiger partial charge in [0.15, 0.2) is 0 Å². The molecule has 1 aromatic rings. The molecule has 0 saturated heterocycles. The Labute approximate surface area is 122 Å². The highest BCUT2D eigenvalue weighted by Crippen LogP contribution is 2.28. The molecule has 0 amide bonds. The van der Waals surface area contributed by atoms with Crippen LogP contribution in [0, 0.1) is 5.82 Å². The highest BCUT2D eigenvalue weighted by atomic mass is 79.9. The normalized spacial score (nSPS) is 12.4. The average molecular weight is 353 g/mol. The zero-order valence-corrected chi connectivity index (χ0v) is 13.6. The molecule has 1 rings (SSSR count). The quantitative estimate of drug-likeness (QED) is 0.828. The number of benzene rings is 1. The summed E-state index contributed by atoms with van der Waals surface area (Å²) < 4.78 is 40.2. The maximum absolute atomic E-state index is 13.9. The van der Waals surface area contributed by atoms with Gasteiger partial charge in [0.05, 0.1) is 0 Å². The fraction of sp³-hybridized carbons (Fsp3) is 0.500. The summed E-state index contributed by atoms with van der Waals surface area (Å²) in [4.78, 5) is -0.386. The van der Waals surface area contributed by atoms with Crippen LogP contribution in [0.4, 0.5) is 10.1 Å². The Kier molecular flexibility index (Phi) is 5.34. The van der Waals surface area contributed by atoms with E-state index in [0.29, 0.717) is 17.3 Å². The van der Waals surface area contributed by atoms with Crippen LogP contribution in [0.1, 0.15) is 26.7 Å². The Balaban J connectivity index is 3.31. The first kappa shape index (κ1) is 16.4. The van der Waals surface area contributed by atoms with E-state index in [9.17, 15) is 12.8 Å². The lowest BCUT2D eigenvalue weighted by molar-refractivity contribution is 0.348. The predicted molar refractivity (Wildman–Crippen MR) is 77.8 cm³/mol. The van der Waals surface area contributed by atoms with Crippen molar-refractivity contribution >= 4 is 31.6 Å². The fourth-order valence-electron chi connectivity index (χ4n) is 1.90. The number of nitrogens with two attached hydrogens (primary N) is 1. The van der Waals surface area contributed by atoms with Crippen LogP contribution in [0.25, 0.3) is 0 Å². The van der Waals surface area contributed by atoms with Crippen molar-refractivity contribution in [3.63, 3.8) is 0 Å². The molecular weight excluding hydrogens is 335 g/mol. The molecule has 0 aromatic heterocycles. The SMILES string of the molecule is CCC(CC)N(C)S(=O)(=O)c1cc(N)c(Br)cc1F. The van der Waals surface area contributed by atoms with Crippen LogP contribution in [-0.2, 0) is 10.0 Å². The number of sulfonamides is 1. The second kappa shape index (κ2) is 6.19. The van der Waals surface area contributed by atoms with E-state index in [1.165, 1.54) is 11.4 Å². The molecule has 2 N–H and O–H groups in total. The van der Waals surface area contributed by atoms with Gasteiger partial charge in [-0.15, -0.1) is 0 Å². The molecule has 0 aliphatic heterocycles. The smallest absolute Gasteiger partial charge is 0.246 e. The molecule has 0 heterocycles. The van der Waals surface area contributed by atoms with Crippen LogP contribution in [0.5, 0.6) is 0 Å². The summed E-state index contributed by atoms with van der Waals surface area (Å²) in [5, 5.41) is 0. The van der Waals surface area contributed by atoms with Crippen molar-refractivity contribution in [1.82, 2.24) is 4.31 Å². The van der Waals surface area contributed by atoms with Gasteiger partial charge in [-0.2, -0.15) is 4.31 Å². The first-order chi connectivity index (χ1) is 8.75. The molecule has 0 aliphatic carbocycles. The maximum Gasteiger partial charge on any atom is 0.246 e. The van der Waals surface area contributed by atoms with Crippen molar-refractivity contribution in [2.45, 2.75) is 37.6 Å². The first-order valence-electron chi connectivity index (χ1n) is 5.98. The number of nitrogens with zero attached hydrogens (tertiary/aromatic N) is 1. The Morgan fingerprint density at radius 1 is 1.37 bits per heavy atom. The summed E-state index contributed by atoms with van der Waals surface area (Å²) in [5.74, 6) is -0.807. The standard InChI is InChI=1S/C12H18BrFN2O2S/c1-4-8(5-2)16(3)19(17,18)12-7-11(15)9(13)6-10(12)14/h6-8H,4-5,15H2,1-3H3. The third kappa shape index (κ3) is 3.27. The summed E-state index contributed by atoms with van der Waals surface area (Å²) in [7, 11) is -2.41. The first-order valence-corrected chi connectivity index (χ1v) is 8.21. The molecule has 4 nitrogen and oxygen atoms in total. The van der Waals surface area contributed by atoms with E-state index in [4.69, 9.17) is 5.73 Å². The van der Waals surface area contributed by atoms with Gasteiger partial charge < -0.3 is 5.73 Å². The molecule has 7 heteroatoms. The Morgan fingerprint density at radius 3 is 2.37 bits per heavy atom. The highest BCUT2D eigenvalue weighted by molar-refractivity contribution is 9.10. The molecule has 0 bridgehead atoms. The maximum atomic E-state index is 13.9. The van der Waals surface area contributed by atoms with Gasteiger partial charge in [0.2, 0.25) is 10.0 Å². The van der Waals surface area contributed by atoms with E-state index in [1.54, 1.807) is 0 Å². The summed E-state index contributed by atoms with van der Waals surface area (Å²) in [6, 6.07) is 2.06. The van der Waals surface area contributed by atoms with Gasteiger partial charge in [-0.1, -0.05) is 13.8 Å². The van der Waals surface area contributed by atoms with Crippen LogP contribution in [0.15, 0.2) is 21.5 Å². The van der Waals surface area contributed by atoms with Gasteiger partial charge in [0, 0.05) is 23.2 Å². The van der Waals surface area contributed by atoms with Crippen molar-refractivity contribution in [2.24, 2.45) is 0 Å². The van der Waals surface area contributed by atoms with Crippen LogP contribution in [0.3, 0.4) is 0 Å². The Hall–Kier alpha value is -0.660.